The van der Waals surface area contributed by atoms with Crippen LogP contribution in [0.3, 0.4) is 0 Å². The minimum absolute atomic E-state index is 0.101. The molecule has 0 atom stereocenters. The fourth-order valence-electron chi connectivity index (χ4n) is 0.224. The van der Waals surface area contributed by atoms with E-state index in [1.54, 1.807) is 0 Å². The normalized spacial score (nSPS) is 17.1. The third kappa shape index (κ3) is 2.23. The van der Waals surface area contributed by atoms with Crippen molar-refractivity contribution in [2.75, 3.05) is 14.2 Å². The zero-order chi connectivity index (χ0) is 7.57. The third-order valence-corrected chi connectivity index (χ3v) is 4.31. The zero-order valence-electron chi connectivity index (χ0n) is 5.43. The van der Waals surface area contributed by atoms with E-state index in [0.717, 1.165) is 14.2 Å². The fraction of sp³-hybridized carbons (Fsp3) is 1.00. The summed E-state index contributed by atoms with van der Waals surface area (Å²) in [4.78, 5) is 0. The van der Waals surface area contributed by atoms with Crippen LogP contribution in [0, 0.1) is 0 Å². The molecule has 0 aliphatic rings. The van der Waals surface area contributed by atoms with E-state index in [4.69, 9.17) is 0 Å². The number of hydrogen-bond donors (Lipinski definition) is 0. The molecule has 0 heterocycles. The summed E-state index contributed by atoms with van der Waals surface area (Å²) in [5.41, 5.74) is 0. The van der Waals surface area contributed by atoms with Crippen molar-refractivity contribution in [1.29, 1.82) is 0 Å². The molecule has 0 aliphatic carbocycles. The molecule has 0 fully saturated rings. The average molecular weight is 178 g/mol. The summed E-state index contributed by atoms with van der Waals surface area (Å²) in [6.07, 6.45) is 0. The van der Waals surface area contributed by atoms with Crippen LogP contribution in [0.2, 0.25) is 0 Å². The van der Waals surface area contributed by atoms with E-state index in [9.17, 15) is 8.39 Å². The standard InChI is InChI=1S/C2H9F2O3PSi/c1-5-8(3,4,6-2)7-9/h1-2,9H3. The molecule has 0 radical (unpaired) electrons. The predicted octanol–water partition coefficient (Wildman–Crippen LogP) is 0.643. The molecule has 3 nitrogen and oxygen atoms in total. The summed E-state index contributed by atoms with van der Waals surface area (Å²) in [5, 5.41) is 0. The van der Waals surface area contributed by atoms with Crippen LogP contribution in [0.5, 0.6) is 0 Å². The molecule has 0 aromatic heterocycles. The van der Waals surface area contributed by atoms with Gasteiger partial charge in [-0.2, -0.15) is 0 Å². The van der Waals surface area contributed by atoms with Crippen LogP contribution in [0.1, 0.15) is 0 Å². The van der Waals surface area contributed by atoms with E-state index >= 15 is 0 Å². The molecule has 0 aromatic carbocycles. The Morgan fingerprint density at radius 1 is 1.22 bits per heavy atom. The van der Waals surface area contributed by atoms with E-state index in [1.165, 1.54) is 0 Å². The molecule has 9 heavy (non-hydrogen) atoms. The molecule has 0 aromatic rings. The zero-order valence-corrected chi connectivity index (χ0v) is 8.32. The minimum atomic E-state index is -5.57. The van der Waals surface area contributed by atoms with Crippen molar-refractivity contribution in [2.45, 2.75) is 0 Å². The SMILES string of the molecule is COP(F)(F)(OC)O[SiH3]. The van der Waals surface area contributed by atoms with Crippen LogP contribution in [0.25, 0.3) is 0 Å². The molecule has 0 unspecified atom stereocenters. The topological polar surface area (TPSA) is 27.7 Å². The summed E-state index contributed by atoms with van der Waals surface area (Å²) in [5.74, 6) is 0. The first-order valence-corrected chi connectivity index (χ1v) is 4.70. The van der Waals surface area contributed by atoms with Crippen molar-refractivity contribution in [3.05, 3.63) is 0 Å². The second-order valence-corrected chi connectivity index (χ2v) is 4.84. The van der Waals surface area contributed by atoms with Gasteiger partial charge in [0.25, 0.3) is 0 Å². The number of hydrogen-bond acceptors (Lipinski definition) is 3. The van der Waals surface area contributed by atoms with Gasteiger partial charge in [-0.3, -0.25) is 0 Å². The van der Waals surface area contributed by atoms with E-state index in [-0.39, 0.29) is 10.5 Å². The Morgan fingerprint density at radius 2 is 1.56 bits per heavy atom. The van der Waals surface area contributed by atoms with Gasteiger partial charge < -0.3 is 0 Å². The van der Waals surface area contributed by atoms with Crippen molar-refractivity contribution in [3.63, 3.8) is 0 Å². The summed E-state index contributed by atoms with van der Waals surface area (Å²) in [7, 11) is -3.95. The number of halogens is 2. The summed E-state index contributed by atoms with van der Waals surface area (Å²) >= 11 is 0. The Labute approximate surface area is 55.2 Å². The maximum atomic E-state index is 12.5. The second kappa shape index (κ2) is 2.55. The van der Waals surface area contributed by atoms with Crippen molar-refractivity contribution in [1.82, 2.24) is 0 Å². The summed E-state index contributed by atoms with van der Waals surface area (Å²) in [6, 6.07) is 0. The summed E-state index contributed by atoms with van der Waals surface area (Å²) in [6.45, 7) is 0. The molecule has 0 bridgehead atoms. The van der Waals surface area contributed by atoms with Gasteiger partial charge in [-0.05, 0) is 0 Å². The van der Waals surface area contributed by atoms with Crippen LogP contribution < -0.4 is 0 Å². The molecule has 0 N–H and O–H groups in total. The van der Waals surface area contributed by atoms with E-state index in [0.29, 0.717) is 0 Å². The van der Waals surface area contributed by atoms with Gasteiger partial charge in [-0.1, -0.05) is 0 Å². The molecule has 0 rings (SSSR count). The van der Waals surface area contributed by atoms with Gasteiger partial charge in [-0.25, -0.2) is 0 Å². The molecule has 0 saturated heterocycles. The third-order valence-electron chi connectivity index (χ3n) is 0.861. The van der Waals surface area contributed by atoms with Gasteiger partial charge in [0.15, 0.2) is 0 Å². The van der Waals surface area contributed by atoms with Crippen LogP contribution in [0.15, 0.2) is 0 Å². The number of rotatable bonds is 3. The monoisotopic (exact) mass is 178 g/mol. The first-order valence-electron chi connectivity index (χ1n) is 2.11. The van der Waals surface area contributed by atoms with Crippen molar-refractivity contribution < 1.29 is 21.7 Å². The Morgan fingerprint density at radius 3 is 1.56 bits per heavy atom. The molecule has 0 saturated carbocycles. The van der Waals surface area contributed by atoms with Gasteiger partial charge >= 0.3 is 54.3 Å². The predicted molar refractivity (Wildman–Crippen MR) is 34.2 cm³/mol. The van der Waals surface area contributed by atoms with Gasteiger partial charge in [0, 0.05) is 0 Å². The second-order valence-electron chi connectivity index (χ2n) is 1.25. The molecule has 7 heteroatoms. The van der Waals surface area contributed by atoms with Gasteiger partial charge in [0.2, 0.25) is 0 Å². The molecule has 0 aliphatic heterocycles. The summed E-state index contributed by atoms with van der Waals surface area (Å²) < 4.78 is 36.5. The first kappa shape index (κ1) is 9.39. The molecule has 0 spiro atoms. The Balaban J connectivity index is 4.20. The quantitative estimate of drug-likeness (QED) is 0.469. The van der Waals surface area contributed by atoms with E-state index in [1.807, 2.05) is 0 Å². The van der Waals surface area contributed by atoms with Crippen molar-refractivity contribution in [2.24, 2.45) is 0 Å². The molecule has 58 valence electrons. The van der Waals surface area contributed by atoms with Gasteiger partial charge in [0.05, 0.1) is 0 Å². The van der Waals surface area contributed by atoms with Gasteiger partial charge in [0.1, 0.15) is 0 Å². The Hall–Kier alpha value is 0.387. The van der Waals surface area contributed by atoms with Crippen LogP contribution in [-0.2, 0) is 13.3 Å². The van der Waals surface area contributed by atoms with Crippen LogP contribution >= 0.6 is 7.91 Å². The Kier molecular flexibility index (Phi) is 2.66. The molecular weight excluding hydrogens is 169 g/mol. The average Bonchev–Trinajstić information content (AvgIpc) is 1.90. The fourth-order valence-corrected chi connectivity index (χ4v) is 1.57. The van der Waals surface area contributed by atoms with Gasteiger partial charge in [-0.15, -0.1) is 0 Å². The maximum absolute atomic E-state index is 12.5. The van der Waals surface area contributed by atoms with Crippen molar-refractivity contribution in [3.8, 4) is 0 Å². The Bertz CT molecular complexity index is 91.0. The molecule has 0 amide bonds. The van der Waals surface area contributed by atoms with Crippen LogP contribution in [-0.4, -0.2) is 24.7 Å². The molecular formula is C2H9F2O3PSi. The first-order chi connectivity index (χ1) is 3.96. The van der Waals surface area contributed by atoms with E-state index in [2.05, 4.69) is 13.3 Å². The van der Waals surface area contributed by atoms with Crippen LogP contribution in [0.4, 0.5) is 8.39 Å². The van der Waals surface area contributed by atoms with Crippen molar-refractivity contribution >= 4 is 18.4 Å². The van der Waals surface area contributed by atoms with E-state index < -0.39 is 7.91 Å².